The molecule has 0 saturated heterocycles. The van der Waals surface area contributed by atoms with Gasteiger partial charge < -0.3 is 10.2 Å². The van der Waals surface area contributed by atoms with Gasteiger partial charge in [-0.2, -0.15) is 0 Å². The van der Waals surface area contributed by atoms with Crippen LogP contribution in [-0.4, -0.2) is 72.0 Å². The highest BCUT2D eigenvalue weighted by Gasteiger charge is 2.47. The average molecular weight is 557 g/mol. The van der Waals surface area contributed by atoms with Crippen molar-refractivity contribution in [3.05, 3.63) is 108 Å². The molecule has 3 amide bonds. The van der Waals surface area contributed by atoms with E-state index in [1.54, 1.807) is 92.7 Å². The summed E-state index contributed by atoms with van der Waals surface area (Å²) in [6.45, 7) is 4.75. The van der Waals surface area contributed by atoms with Gasteiger partial charge >= 0.3 is 5.97 Å². The minimum absolute atomic E-state index is 0.0529. The van der Waals surface area contributed by atoms with Gasteiger partial charge in [-0.1, -0.05) is 80.6 Å². The van der Waals surface area contributed by atoms with Gasteiger partial charge in [0.1, 0.15) is 11.7 Å². The van der Waals surface area contributed by atoms with Crippen LogP contribution in [0.1, 0.15) is 42.4 Å². The van der Waals surface area contributed by atoms with E-state index in [0.29, 0.717) is 11.1 Å². The van der Waals surface area contributed by atoms with Crippen molar-refractivity contribution in [3.8, 4) is 0 Å². The molecule has 2 N–H and O–H groups in total. The Morgan fingerprint density at radius 2 is 1.56 bits per heavy atom. The van der Waals surface area contributed by atoms with Crippen molar-refractivity contribution in [3.63, 3.8) is 0 Å². The quantitative estimate of drug-likeness (QED) is 0.414. The highest BCUT2D eigenvalue weighted by Crippen LogP contribution is 2.34. The van der Waals surface area contributed by atoms with Crippen LogP contribution >= 0.6 is 0 Å². The molecule has 1 aromatic heterocycles. The fourth-order valence-electron chi connectivity index (χ4n) is 4.95. The summed E-state index contributed by atoms with van der Waals surface area (Å²) in [6, 6.07) is 20.0. The number of nitrogens with zero attached hydrogens (tertiary/aromatic N) is 4. The summed E-state index contributed by atoms with van der Waals surface area (Å²) in [5.41, 5.74) is 1.46. The summed E-state index contributed by atoms with van der Waals surface area (Å²) in [4.78, 5) is 59.0. The van der Waals surface area contributed by atoms with Crippen molar-refractivity contribution in [2.24, 2.45) is 5.92 Å². The number of benzene rings is 2. The van der Waals surface area contributed by atoms with Gasteiger partial charge in [-0.3, -0.25) is 24.3 Å². The van der Waals surface area contributed by atoms with E-state index in [0.717, 1.165) is 10.0 Å². The maximum Gasteiger partial charge on any atom is 0.334 e. The second-order valence-corrected chi connectivity index (χ2v) is 10.1. The van der Waals surface area contributed by atoms with Gasteiger partial charge in [-0.05, 0) is 30.0 Å². The summed E-state index contributed by atoms with van der Waals surface area (Å²) in [5, 5.41) is 22.8. The fourth-order valence-corrected chi connectivity index (χ4v) is 4.95. The van der Waals surface area contributed by atoms with Gasteiger partial charge in [-0.25, -0.2) is 14.8 Å². The van der Waals surface area contributed by atoms with Crippen molar-refractivity contribution in [1.82, 2.24) is 19.9 Å². The Morgan fingerprint density at radius 3 is 2.10 bits per heavy atom. The van der Waals surface area contributed by atoms with Crippen LogP contribution in [0.5, 0.6) is 0 Å². The van der Waals surface area contributed by atoms with Crippen LogP contribution in [0, 0.1) is 5.92 Å². The number of aromatic nitrogens is 1. The van der Waals surface area contributed by atoms with E-state index < -0.39 is 47.8 Å². The van der Waals surface area contributed by atoms with Crippen molar-refractivity contribution >= 4 is 29.4 Å². The average Bonchev–Trinajstić information content (AvgIpc) is 2.97. The van der Waals surface area contributed by atoms with Crippen LogP contribution in [0.3, 0.4) is 0 Å². The summed E-state index contributed by atoms with van der Waals surface area (Å²) < 4.78 is 0. The van der Waals surface area contributed by atoms with Gasteiger partial charge in [0.25, 0.3) is 11.8 Å². The van der Waals surface area contributed by atoms with Gasteiger partial charge in [-0.15, -0.1) is 0 Å². The van der Waals surface area contributed by atoms with Crippen molar-refractivity contribution < 1.29 is 29.4 Å². The van der Waals surface area contributed by atoms with Crippen LogP contribution in [0.2, 0.25) is 0 Å². The normalized spacial score (nSPS) is 16.7. The largest absolute Gasteiger partial charge is 0.479 e. The van der Waals surface area contributed by atoms with Crippen LogP contribution in [0.25, 0.3) is 5.70 Å². The summed E-state index contributed by atoms with van der Waals surface area (Å²) in [6.07, 6.45) is 0.898. The number of carboxylic acid groups (broad SMARTS) is 1. The third kappa shape index (κ3) is 6.17. The minimum atomic E-state index is -2.02. The lowest BCUT2D eigenvalue weighted by Gasteiger charge is -2.47. The molecule has 0 radical (unpaired) electrons. The Bertz CT molecular complexity index is 1430. The van der Waals surface area contributed by atoms with Crippen LogP contribution in [-0.2, 0) is 20.8 Å². The van der Waals surface area contributed by atoms with Crippen molar-refractivity contribution in [2.75, 3.05) is 0 Å². The molecule has 1 aliphatic rings. The third-order valence-corrected chi connectivity index (χ3v) is 6.83. The molecule has 1 aliphatic heterocycles. The molecule has 3 aromatic rings. The molecule has 0 fully saturated rings. The number of carbonyl (C=O) groups is 4. The second-order valence-electron chi connectivity index (χ2n) is 10.1. The molecule has 0 spiro atoms. The molecule has 2 unspecified atom stereocenters. The van der Waals surface area contributed by atoms with Crippen molar-refractivity contribution in [1.29, 1.82) is 0 Å². The number of aliphatic hydroxyl groups is 1. The monoisotopic (exact) mass is 556 g/mol. The first-order valence-electron chi connectivity index (χ1n) is 13.2. The fraction of sp³-hybridized carbons (Fsp3) is 0.258. The molecule has 0 saturated carbocycles. The Morgan fingerprint density at radius 1 is 0.951 bits per heavy atom. The first-order valence-corrected chi connectivity index (χ1v) is 13.2. The molecule has 41 heavy (non-hydrogen) atoms. The number of rotatable bonds is 9. The molecule has 10 heteroatoms. The zero-order valence-electron chi connectivity index (χ0n) is 23.0. The topological polar surface area (TPSA) is 131 Å². The SMILES string of the molecule is CC(=O)N([C@@H](Cc1ccccc1)C(O)C(=O)O)N1C(=O)C(C(C)C)N(C(=O)c2ccccn2)C=C1c1ccccc1. The van der Waals surface area contributed by atoms with Gasteiger partial charge in [0.2, 0.25) is 5.91 Å². The Hall–Kier alpha value is -4.83. The molecule has 0 aliphatic carbocycles. The first-order chi connectivity index (χ1) is 19.6. The number of carboxylic acids is 1. The predicted octanol–water partition coefficient (Wildman–Crippen LogP) is 3.21. The van der Waals surface area contributed by atoms with E-state index in [1.165, 1.54) is 24.2 Å². The van der Waals surface area contributed by atoms with Crippen molar-refractivity contribution in [2.45, 2.75) is 45.4 Å². The number of hydrogen-bond donors (Lipinski definition) is 2. The lowest BCUT2D eigenvalue weighted by atomic mass is 9.96. The summed E-state index contributed by atoms with van der Waals surface area (Å²) in [5.74, 6) is -3.74. The van der Waals surface area contributed by atoms with E-state index in [9.17, 15) is 29.4 Å². The number of aliphatic hydroxyl groups excluding tert-OH is 1. The molecular weight excluding hydrogens is 524 g/mol. The molecule has 10 nitrogen and oxygen atoms in total. The first kappa shape index (κ1) is 29.2. The number of hydrogen-bond acceptors (Lipinski definition) is 6. The maximum atomic E-state index is 14.4. The minimum Gasteiger partial charge on any atom is -0.479 e. The maximum absolute atomic E-state index is 14.4. The van der Waals surface area contributed by atoms with Crippen LogP contribution < -0.4 is 0 Å². The predicted molar refractivity (Wildman–Crippen MR) is 150 cm³/mol. The number of pyridine rings is 1. The number of amides is 3. The smallest absolute Gasteiger partial charge is 0.334 e. The number of hydrazine groups is 1. The van der Waals surface area contributed by atoms with E-state index in [4.69, 9.17) is 0 Å². The lowest BCUT2D eigenvalue weighted by Crippen LogP contribution is -2.64. The molecule has 4 rings (SSSR count). The highest BCUT2D eigenvalue weighted by atomic mass is 16.4. The molecule has 2 heterocycles. The zero-order chi connectivity index (χ0) is 29.7. The van der Waals surface area contributed by atoms with Gasteiger partial charge in [0, 0.05) is 24.9 Å². The van der Waals surface area contributed by atoms with E-state index in [-0.39, 0.29) is 17.8 Å². The Kier molecular flexibility index (Phi) is 8.94. The third-order valence-electron chi connectivity index (χ3n) is 6.83. The zero-order valence-corrected chi connectivity index (χ0v) is 23.0. The van der Waals surface area contributed by atoms with E-state index in [1.807, 2.05) is 0 Å². The molecule has 2 aromatic carbocycles. The van der Waals surface area contributed by atoms with Crippen LogP contribution in [0.15, 0.2) is 91.3 Å². The highest BCUT2D eigenvalue weighted by molar-refractivity contribution is 6.02. The molecule has 212 valence electrons. The van der Waals surface area contributed by atoms with Crippen LogP contribution in [0.4, 0.5) is 0 Å². The van der Waals surface area contributed by atoms with Gasteiger partial charge in [0.05, 0.1) is 11.7 Å². The molecule has 0 bridgehead atoms. The summed E-state index contributed by atoms with van der Waals surface area (Å²) >= 11 is 0. The lowest BCUT2D eigenvalue weighted by molar-refractivity contribution is -0.173. The van der Waals surface area contributed by atoms with E-state index >= 15 is 0 Å². The molecule has 3 atom stereocenters. The summed E-state index contributed by atoms with van der Waals surface area (Å²) in [7, 11) is 0. The van der Waals surface area contributed by atoms with E-state index in [2.05, 4.69) is 4.98 Å². The Balaban J connectivity index is 1.93. The van der Waals surface area contributed by atoms with Gasteiger partial charge in [0.15, 0.2) is 6.10 Å². The second kappa shape index (κ2) is 12.6. The number of carbonyl (C=O) groups excluding carboxylic acids is 3. The number of aliphatic carboxylic acids is 1. The standard InChI is InChI=1S/C31H32N4O6/c1-20(2)27-30(39)35(34(21(3)36)25(28(37)31(40)41)18-22-12-6-4-7-13-22)26(23-14-8-5-9-15-23)19-33(27)29(38)24-16-10-11-17-32-24/h4-17,19-20,25,27-28,37H,18H2,1-3H3,(H,40,41)/t25-,27?,28?/m0/s1. The molecular formula is C31H32N4O6. The Labute approximate surface area is 238 Å².